The molecule has 6 nitrogen and oxygen atoms in total. The van der Waals surface area contributed by atoms with Crippen molar-refractivity contribution < 1.29 is 31.2 Å². The van der Waals surface area contributed by atoms with Crippen LogP contribution in [0.2, 0.25) is 0 Å². The van der Waals surface area contributed by atoms with Gasteiger partial charge in [-0.3, -0.25) is 5.12 Å². The molecule has 2 fully saturated rings. The number of hydrazine groups is 2. The largest absolute Gasteiger partial charge is 6.00 e. The summed E-state index contributed by atoms with van der Waals surface area (Å²) in [6.07, 6.45) is 0. The van der Waals surface area contributed by atoms with Gasteiger partial charge in [0.15, 0.2) is 0 Å². The third-order valence-electron chi connectivity index (χ3n) is 3.03. The summed E-state index contributed by atoms with van der Waals surface area (Å²) in [5.41, 5.74) is 0. The average Bonchev–Trinajstić information content (AvgIpc) is 3.18. The first-order valence-corrected chi connectivity index (χ1v) is 7.80. The molecule has 0 amide bonds. The Kier molecular flexibility index (Phi) is 14.6. The molecule has 0 bridgehead atoms. The Bertz CT molecular complexity index is 401. The molecule has 0 N–H and O–H groups in total. The van der Waals surface area contributed by atoms with E-state index in [1.165, 1.54) is 0 Å². The molecule has 2 saturated heterocycles. The van der Waals surface area contributed by atoms with Crippen molar-refractivity contribution in [2.24, 2.45) is 0 Å². The van der Waals surface area contributed by atoms with Crippen LogP contribution in [0.25, 0.3) is 0 Å². The average molecular weight is 407 g/mol. The number of hydrogen-bond acceptors (Lipinski definition) is 6. The molecule has 130 valence electrons. The number of ether oxygens (including phenoxy) is 2. The van der Waals surface area contributed by atoms with Crippen LogP contribution in [0.4, 0.5) is 0 Å². The SMILES string of the molecule is S=C([S-])N(N1CCOCC1)N1CCOCC1.[C-]#[O+].[Fe+6].[c-]1[c-][c-][cH-][c-]1. The normalized spacial score (nSPS) is 17.9. The number of rotatable bonds is 2. The molecule has 0 aromatic heterocycles. The van der Waals surface area contributed by atoms with E-state index < -0.39 is 0 Å². The van der Waals surface area contributed by atoms with Gasteiger partial charge < -0.3 is 64.7 Å². The van der Waals surface area contributed by atoms with Crippen LogP contribution in [0.15, 0.2) is 6.07 Å². The summed E-state index contributed by atoms with van der Waals surface area (Å²) in [6, 6.07) is 12.0. The molecule has 9 heteroatoms. The first-order chi connectivity index (χ1) is 11.3. The van der Waals surface area contributed by atoms with E-state index in [9.17, 15) is 0 Å². The topological polar surface area (TPSA) is 48.1 Å². The van der Waals surface area contributed by atoms with Gasteiger partial charge in [-0.2, -0.15) is 0 Å². The Morgan fingerprint density at radius 3 is 1.62 bits per heavy atom. The van der Waals surface area contributed by atoms with Crippen LogP contribution in [0, 0.1) is 30.9 Å². The second-order valence-corrected chi connectivity index (χ2v) is 5.40. The summed E-state index contributed by atoms with van der Waals surface area (Å²) < 4.78 is 18.6. The first kappa shape index (κ1) is 23.6. The predicted molar refractivity (Wildman–Crippen MR) is 87.9 cm³/mol. The minimum atomic E-state index is 0. The molecule has 1 aromatic carbocycles. The Hall–Kier alpha value is -0.441. The number of nitrogens with zero attached hydrogens (tertiary/aromatic N) is 3. The molecule has 3 rings (SSSR count). The van der Waals surface area contributed by atoms with Gasteiger partial charge in [0.2, 0.25) is 0 Å². The minimum absolute atomic E-state index is 0. The fraction of sp³-hybridized carbons (Fsp3) is 0.533. The Morgan fingerprint density at radius 2 is 1.38 bits per heavy atom. The zero-order chi connectivity index (χ0) is 16.9. The smallest absolute Gasteiger partial charge is 0.999 e. The van der Waals surface area contributed by atoms with Crippen LogP contribution >= 0.6 is 12.2 Å². The quantitative estimate of drug-likeness (QED) is 0.228. The standard InChI is InChI=1S/C9H17N3O2S2.C5H.CO.Fe/c15-9(16)12(10-1-5-13-6-2-10)11-3-7-14-8-4-11;1-2-4-5-3-1;1-2;/h1-8H2,(H,15,16);1H;;/q;-5;;+6/p-1. The zero-order valence-electron chi connectivity index (χ0n) is 13.0. The van der Waals surface area contributed by atoms with E-state index in [2.05, 4.69) is 40.9 Å². The Balaban J connectivity index is 0.000000560. The van der Waals surface area contributed by atoms with E-state index in [1.54, 1.807) is 6.07 Å². The maximum absolute atomic E-state index is 7.50. The summed E-state index contributed by atoms with van der Waals surface area (Å²) in [7, 11) is 0. The van der Waals surface area contributed by atoms with Crippen LogP contribution in [-0.4, -0.2) is 72.1 Å². The van der Waals surface area contributed by atoms with Gasteiger partial charge in [-0.15, -0.1) is 0 Å². The molecular weight excluding hydrogens is 390 g/mol. The van der Waals surface area contributed by atoms with Gasteiger partial charge in [-0.1, -0.05) is 0 Å². The summed E-state index contributed by atoms with van der Waals surface area (Å²) in [4.78, 5) is 0. The van der Waals surface area contributed by atoms with E-state index in [4.69, 9.17) is 39.0 Å². The van der Waals surface area contributed by atoms with Crippen molar-refractivity contribution in [1.29, 1.82) is 0 Å². The summed E-state index contributed by atoms with van der Waals surface area (Å²) in [5, 5.41) is 6.25. The molecule has 0 atom stereocenters. The fourth-order valence-corrected chi connectivity index (χ4v) is 2.54. The van der Waals surface area contributed by atoms with Crippen LogP contribution in [0.1, 0.15) is 0 Å². The van der Waals surface area contributed by atoms with E-state index in [0.717, 1.165) is 52.6 Å². The minimum Gasteiger partial charge on any atom is -0.999 e. The van der Waals surface area contributed by atoms with Crippen molar-refractivity contribution in [3.05, 3.63) is 37.0 Å². The number of morpholine rings is 2. The van der Waals surface area contributed by atoms with Crippen LogP contribution in [0.3, 0.4) is 0 Å². The van der Waals surface area contributed by atoms with Gasteiger partial charge in [-0.05, 0) is 4.32 Å². The van der Waals surface area contributed by atoms with Gasteiger partial charge >= 0.3 is 28.4 Å². The molecule has 2 aliphatic rings. The van der Waals surface area contributed by atoms with Crippen molar-refractivity contribution >= 4 is 29.2 Å². The van der Waals surface area contributed by atoms with Crippen molar-refractivity contribution in [2.45, 2.75) is 0 Å². The van der Waals surface area contributed by atoms with E-state index in [-0.39, 0.29) is 17.1 Å². The molecule has 2 aliphatic heterocycles. The monoisotopic (exact) mass is 407 g/mol. The van der Waals surface area contributed by atoms with Crippen LogP contribution in [0.5, 0.6) is 0 Å². The molecule has 0 spiro atoms. The van der Waals surface area contributed by atoms with Crippen LogP contribution in [-0.2, 0) is 43.8 Å². The summed E-state index contributed by atoms with van der Waals surface area (Å²) in [6.45, 7) is 10.8. The van der Waals surface area contributed by atoms with Gasteiger partial charge in [0.1, 0.15) is 0 Å². The molecule has 2 heterocycles. The van der Waals surface area contributed by atoms with Crippen molar-refractivity contribution in [3.8, 4) is 0 Å². The fourth-order valence-electron chi connectivity index (χ4n) is 2.08. The van der Waals surface area contributed by atoms with Crippen molar-refractivity contribution in [2.75, 3.05) is 52.6 Å². The maximum atomic E-state index is 7.50. The van der Waals surface area contributed by atoms with Gasteiger partial charge in [0.25, 0.3) is 0 Å². The number of hydrogen-bond donors (Lipinski definition) is 0. The molecule has 0 radical (unpaired) electrons. The van der Waals surface area contributed by atoms with E-state index >= 15 is 0 Å². The first-order valence-electron chi connectivity index (χ1n) is 6.98. The number of thiocarbonyl (C=S) groups is 1. The molecule has 24 heavy (non-hydrogen) atoms. The second-order valence-electron chi connectivity index (χ2n) is 4.37. The molecule has 0 saturated carbocycles. The zero-order valence-corrected chi connectivity index (χ0v) is 15.7. The van der Waals surface area contributed by atoms with Gasteiger partial charge in [0.05, 0.1) is 26.4 Å². The van der Waals surface area contributed by atoms with Crippen molar-refractivity contribution in [1.82, 2.24) is 15.1 Å². The molecule has 0 unspecified atom stereocenters. The van der Waals surface area contributed by atoms with E-state index in [1.807, 2.05) is 5.12 Å². The van der Waals surface area contributed by atoms with Gasteiger partial charge in [0, 0.05) is 26.2 Å². The third-order valence-corrected chi connectivity index (χ3v) is 3.35. The molecular formula is C15H17FeN3O3S2. The maximum Gasteiger partial charge on any atom is 6.00 e. The van der Waals surface area contributed by atoms with E-state index in [0.29, 0.717) is 4.32 Å². The Labute approximate surface area is 165 Å². The van der Waals surface area contributed by atoms with Crippen LogP contribution < -0.4 is 0 Å². The third kappa shape index (κ3) is 8.60. The molecule has 1 aromatic rings. The predicted octanol–water partition coefficient (Wildman–Crippen LogP) is 0.181. The summed E-state index contributed by atoms with van der Waals surface area (Å²) in [5.74, 6) is 0. The molecule has 0 aliphatic carbocycles. The summed E-state index contributed by atoms with van der Waals surface area (Å²) >= 11 is 10.3. The Morgan fingerprint density at radius 1 is 1.00 bits per heavy atom. The van der Waals surface area contributed by atoms with Crippen molar-refractivity contribution in [3.63, 3.8) is 0 Å². The van der Waals surface area contributed by atoms with Gasteiger partial charge in [-0.25, -0.2) is 10.0 Å². The second kappa shape index (κ2) is 14.9.